The molecule has 1 N–H and O–H groups in total. The summed E-state index contributed by atoms with van der Waals surface area (Å²) in [5, 5.41) is 9.45. The molecule has 0 aliphatic carbocycles. The predicted octanol–water partition coefficient (Wildman–Crippen LogP) is 1.09. The van der Waals surface area contributed by atoms with E-state index in [4.69, 9.17) is 9.15 Å². The Morgan fingerprint density at radius 3 is 2.92 bits per heavy atom. The van der Waals surface area contributed by atoms with Crippen molar-refractivity contribution in [3.05, 3.63) is 28.3 Å². The first-order chi connectivity index (χ1) is 6.20. The van der Waals surface area contributed by atoms with Crippen LogP contribution in [0.3, 0.4) is 0 Å². The highest BCUT2D eigenvalue weighted by molar-refractivity contribution is 5.25. The lowest BCUT2D eigenvalue weighted by Crippen LogP contribution is -2.09. The maximum absolute atomic E-state index is 11.2. The molecular formula is C9H12O4. The van der Waals surface area contributed by atoms with E-state index in [-0.39, 0.29) is 16.9 Å². The summed E-state index contributed by atoms with van der Waals surface area (Å²) in [6.45, 7) is 1.79. The van der Waals surface area contributed by atoms with Gasteiger partial charge in [-0.3, -0.25) is 4.79 Å². The maximum atomic E-state index is 11.2. The van der Waals surface area contributed by atoms with E-state index in [1.807, 2.05) is 0 Å². The molecule has 0 saturated carbocycles. The molecule has 0 fully saturated rings. The Bertz CT molecular complexity index is 329. The topological polar surface area (TPSA) is 59.7 Å². The Balaban J connectivity index is 3.20. The lowest BCUT2D eigenvalue weighted by Gasteiger charge is -2.09. The summed E-state index contributed by atoms with van der Waals surface area (Å²) in [6, 6.07) is 1.25. The van der Waals surface area contributed by atoms with Crippen molar-refractivity contribution in [2.24, 2.45) is 0 Å². The SMILES string of the molecule is CC[C@H](O)c1occc(=O)c1OC. The van der Waals surface area contributed by atoms with Crippen LogP contribution in [0.1, 0.15) is 25.2 Å². The molecule has 1 heterocycles. The Hall–Kier alpha value is -1.29. The van der Waals surface area contributed by atoms with Crippen molar-refractivity contribution in [1.29, 1.82) is 0 Å². The first-order valence-electron chi connectivity index (χ1n) is 4.04. The average molecular weight is 184 g/mol. The fraction of sp³-hybridized carbons (Fsp3) is 0.444. The highest BCUT2D eigenvalue weighted by Gasteiger charge is 2.16. The van der Waals surface area contributed by atoms with Crippen LogP contribution in [0, 0.1) is 0 Å². The first-order valence-corrected chi connectivity index (χ1v) is 4.04. The summed E-state index contributed by atoms with van der Waals surface area (Å²) in [5.74, 6) is 0.273. The number of aliphatic hydroxyl groups excluding tert-OH is 1. The van der Waals surface area contributed by atoms with Crippen LogP contribution in [0.5, 0.6) is 5.75 Å². The van der Waals surface area contributed by atoms with Gasteiger partial charge in [-0.1, -0.05) is 6.92 Å². The molecule has 0 amide bonds. The van der Waals surface area contributed by atoms with E-state index in [2.05, 4.69) is 0 Å². The van der Waals surface area contributed by atoms with E-state index < -0.39 is 6.10 Å². The maximum Gasteiger partial charge on any atom is 0.227 e. The Morgan fingerprint density at radius 2 is 2.38 bits per heavy atom. The molecule has 1 aromatic rings. The standard InChI is InChI=1S/C9H12O4/c1-3-6(10)9-8(12-2)7(11)4-5-13-9/h4-6,10H,3H2,1-2H3/t6-/m0/s1. The van der Waals surface area contributed by atoms with Gasteiger partial charge in [0.05, 0.1) is 13.4 Å². The second-order valence-corrected chi connectivity index (χ2v) is 2.61. The van der Waals surface area contributed by atoms with Gasteiger partial charge in [-0.2, -0.15) is 0 Å². The van der Waals surface area contributed by atoms with Crippen LogP contribution in [0.15, 0.2) is 21.5 Å². The molecule has 1 rings (SSSR count). The van der Waals surface area contributed by atoms with Gasteiger partial charge in [0.25, 0.3) is 0 Å². The van der Waals surface area contributed by atoms with Crippen LogP contribution >= 0.6 is 0 Å². The monoisotopic (exact) mass is 184 g/mol. The third-order valence-corrected chi connectivity index (χ3v) is 1.76. The quantitative estimate of drug-likeness (QED) is 0.763. The lowest BCUT2D eigenvalue weighted by molar-refractivity contribution is 0.137. The third kappa shape index (κ3) is 1.89. The molecular weight excluding hydrogens is 172 g/mol. The van der Waals surface area contributed by atoms with Crippen molar-refractivity contribution in [1.82, 2.24) is 0 Å². The fourth-order valence-electron chi connectivity index (χ4n) is 1.04. The van der Waals surface area contributed by atoms with E-state index in [1.165, 1.54) is 19.4 Å². The minimum Gasteiger partial charge on any atom is -0.490 e. The third-order valence-electron chi connectivity index (χ3n) is 1.76. The minimum atomic E-state index is -0.788. The van der Waals surface area contributed by atoms with Gasteiger partial charge in [0, 0.05) is 6.07 Å². The highest BCUT2D eigenvalue weighted by atomic mass is 16.5. The van der Waals surface area contributed by atoms with Gasteiger partial charge in [0.1, 0.15) is 6.10 Å². The molecule has 4 nitrogen and oxygen atoms in total. The van der Waals surface area contributed by atoms with Crippen molar-refractivity contribution >= 4 is 0 Å². The molecule has 1 aromatic heterocycles. The smallest absolute Gasteiger partial charge is 0.227 e. The Morgan fingerprint density at radius 1 is 1.69 bits per heavy atom. The van der Waals surface area contributed by atoms with Gasteiger partial charge in [-0.05, 0) is 6.42 Å². The molecule has 0 bridgehead atoms. The zero-order chi connectivity index (χ0) is 9.84. The van der Waals surface area contributed by atoms with Crippen LogP contribution in [-0.4, -0.2) is 12.2 Å². The molecule has 0 unspecified atom stereocenters. The molecule has 0 aromatic carbocycles. The van der Waals surface area contributed by atoms with Gasteiger partial charge in [0.15, 0.2) is 5.76 Å². The molecule has 1 atom stereocenters. The van der Waals surface area contributed by atoms with Gasteiger partial charge in [-0.25, -0.2) is 0 Å². The summed E-state index contributed by atoms with van der Waals surface area (Å²) >= 11 is 0. The summed E-state index contributed by atoms with van der Waals surface area (Å²) in [4.78, 5) is 11.2. The van der Waals surface area contributed by atoms with Gasteiger partial charge < -0.3 is 14.3 Å². The minimum absolute atomic E-state index is 0.0804. The summed E-state index contributed by atoms with van der Waals surface area (Å²) in [7, 11) is 1.37. The lowest BCUT2D eigenvalue weighted by atomic mass is 10.2. The van der Waals surface area contributed by atoms with Crippen molar-refractivity contribution in [3.8, 4) is 5.75 Å². The molecule has 0 spiro atoms. The molecule has 0 aliphatic rings. The molecule has 72 valence electrons. The number of ether oxygens (including phenoxy) is 1. The number of rotatable bonds is 3. The zero-order valence-electron chi connectivity index (χ0n) is 7.61. The fourth-order valence-corrected chi connectivity index (χ4v) is 1.04. The predicted molar refractivity (Wildman–Crippen MR) is 46.8 cm³/mol. The number of hydrogen-bond donors (Lipinski definition) is 1. The van der Waals surface area contributed by atoms with Crippen LogP contribution < -0.4 is 10.2 Å². The largest absolute Gasteiger partial charge is 0.490 e. The van der Waals surface area contributed by atoms with E-state index in [1.54, 1.807) is 6.92 Å². The van der Waals surface area contributed by atoms with E-state index in [0.29, 0.717) is 6.42 Å². The highest BCUT2D eigenvalue weighted by Crippen LogP contribution is 2.22. The van der Waals surface area contributed by atoms with Crippen LogP contribution in [0.2, 0.25) is 0 Å². The normalized spacial score (nSPS) is 12.5. The van der Waals surface area contributed by atoms with Gasteiger partial charge >= 0.3 is 0 Å². The van der Waals surface area contributed by atoms with E-state index in [9.17, 15) is 9.90 Å². The van der Waals surface area contributed by atoms with Crippen LogP contribution in [-0.2, 0) is 0 Å². The van der Waals surface area contributed by atoms with Crippen LogP contribution in [0.4, 0.5) is 0 Å². The van der Waals surface area contributed by atoms with E-state index in [0.717, 1.165) is 0 Å². The zero-order valence-corrected chi connectivity index (χ0v) is 7.61. The number of methoxy groups -OCH3 is 1. The van der Waals surface area contributed by atoms with Gasteiger partial charge in [0.2, 0.25) is 11.2 Å². The molecule has 0 saturated heterocycles. The molecule has 0 radical (unpaired) electrons. The summed E-state index contributed by atoms with van der Waals surface area (Å²) in [6.07, 6.45) is 0.936. The molecule has 13 heavy (non-hydrogen) atoms. The van der Waals surface area contributed by atoms with Crippen molar-refractivity contribution in [3.63, 3.8) is 0 Å². The van der Waals surface area contributed by atoms with Crippen molar-refractivity contribution in [2.75, 3.05) is 7.11 Å². The van der Waals surface area contributed by atoms with Gasteiger partial charge in [-0.15, -0.1) is 0 Å². The van der Waals surface area contributed by atoms with Crippen molar-refractivity contribution in [2.45, 2.75) is 19.4 Å². The molecule has 4 heteroatoms. The average Bonchev–Trinajstić information content (AvgIpc) is 2.16. The van der Waals surface area contributed by atoms with Crippen molar-refractivity contribution < 1.29 is 14.3 Å². The number of hydrogen-bond acceptors (Lipinski definition) is 4. The Kier molecular flexibility index (Phi) is 3.08. The summed E-state index contributed by atoms with van der Waals surface area (Å²) < 4.78 is 9.84. The summed E-state index contributed by atoms with van der Waals surface area (Å²) in [5.41, 5.74) is -0.281. The second kappa shape index (κ2) is 4.09. The Labute approximate surface area is 75.8 Å². The van der Waals surface area contributed by atoms with Crippen LogP contribution in [0.25, 0.3) is 0 Å². The second-order valence-electron chi connectivity index (χ2n) is 2.61. The number of aliphatic hydroxyl groups is 1. The van der Waals surface area contributed by atoms with E-state index >= 15 is 0 Å². The molecule has 0 aliphatic heterocycles. The first kappa shape index (κ1) is 9.80.